The fourth-order valence-corrected chi connectivity index (χ4v) is 2.51. The number of hydrogen-bond acceptors (Lipinski definition) is 7. The number of oxazole rings is 1. The number of fused-ring (bicyclic) bond motifs is 1. The second kappa shape index (κ2) is 4.85. The Hall–Kier alpha value is -2.15. The molecule has 0 aliphatic rings. The zero-order valence-electron chi connectivity index (χ0n) is 10.6. The van der Waals surface area contributed by atoms with Crippen LogP contribution in [0.2, 0.25) is 0 Å². The summed E-state index contributed by atoms with van der Waals surface area (Å²) < 4.78 is 5.43. The summed E-state index contributed by atoms with van der Waals surface area (Å²) in [4.78, 5) is 13.9. The van der Waals surface area contributed by atoms with Crippen molar-refractivity contribution in [3.63, 3.8) is 0 Å². The van der Waals surface area contributed by atoms with E-state index in [1.807, 2.05) is 18.4 Å². The number of nitrogens with one attached hydrogen (secondary N) is 2. The first-order chi connectivity index (χ1) is 9.26. The van der Waals surface area contributed by atoms with Crippen molar-refractivity contribution in [2.75, 3.05) is 17.7 Å². The van der Waals surface area contributed by atoms with Gasteiger partial charge in [-0.25, -0.2) is 9.97 Å². The molecule has 6 nitrogen and oxygen atoms in total. The molecule has 3 aromatic rings. The van der Waals surface area contributed by atoms with E-state index >= 15 is 0 Å². The maximum atomic E-state index is 5.43. The molecular formula is C12H13N5OS. The van der Waals surface area contributed by atoms with Crippen molar-refractivity contribution in [3.8, 4) is 0 Å². The Bertz CT molecular complexity index is 705. The molecule has 3 aromatic heterocycles. The number of anilines is 2. The van der Waals surface area contributed by atoms with Gasteiger partial charge >= 0.3 is 0 Å². The Morgan fingerprint density at radius 2 is 2.26 bits per heavy atom. The van der Waals surface area contributed by atoms with Crippen LogP contribution in [0, 0.1) is 6.92 Å². The molecular weight excluding hydrogens is 262 g/mol. The van der Waals surface area contributed by atoms with E-state index in [1.54, 1.807) is 24.6 Å². The van der Waals surface area contributed by atoms with Crippen LogP contribution in [0.5, 0.6) is 0 Å². The van der Waals surface area contributed by atoms with Crippen LogP contribution >= 0.6 is 11.3 Å². The molecule has 0 unspecified atom stereocenters. The van der Waals surface area contributed by atoms with E-state index in [0.717, 1.165) is 21.8 Å². The maximum absolute atomic E-state index is 5.43. The molecule has 0 spiro atoms. The number of aromatic nitrogens is 3. The van der Waals surface area contributed by atoms with Gasteiger partial charge in [0.1, 0.15) is 16.4 Å². The Kier molecular flexibility index (Phi) is 3.04. The van der Waals surface area contributed by atoms with Gasteiger partial charge in [-0.15, -0.1) is 11.3 Å². The normalized spacial score (nSPS) is 10.8. The van der Waals surface area contributed by atoms with E-state index in [0.29, 0.717) is 18.4 Å². The molecule has 0 aliphatic carbocycles. The second-order valence-electron chi connectivity index (χ2n) is 4.00. The van der Waals surface area contributed by atoms with Crippen LogP contribution in [0.4, 0.5) is 11.8 Å². The molecule has 0 saturated heterocycles. The predicted octanol–water partition coefficient (Wildman–Crippen LogP) is 2.64. The van der Waals surface area contributed by atoms with Gasteiger partial charge in [0.2, 0.25) is 11.8 Å². The highest BCUT2D eigenvalue weighted by molar-refractivity contribution is 7.16. The average Bonchev–Trinajstić information content (AvgIpc) is 3.04. The highest BCUT2D eigenvalue weighted by atomic mass is 32.1. The van der Waals surface area contributed by atoms with E-state index in [2.05, 4.69) is 25.6 Å². The molecule has 0 saturated carbocycles. The van der Waals surface area contributed by atoms with E-state index in [9.17, 15) is 0 Å². The monoisotopic (exact) mass is 275 g/mol. The molecule has 3 heterocycles. The van der Waals surface area contributed by atoms with Gasteiger partial charge in [0.15, 0.2) is 0 Å². The summed E-state index contributed by atoms with van der Waals surface area (Å²) >= 11 is 1.59. The average molecular weight is 275 g/mol. The summed E-state index contributed by atoms with van der Waals surface area (Å²) in [6.07, 6.45) is 1.70. The van der Waals surface area contributed by atoms with E-state index in [1.165, 1.54) is 0 Å². The lowest BCUT2D eigenvalue weighted by Gasteiger charge is -2.06. The quantitative estimate of drug-likeness (QED) is 0.762. The lowest BCUT2D eigenvalue weighted by atomic mass is 10.4. The smallest absolute Gasteiger partial charge is 0.225 e. The summed E-state index contributed by atoms with van der Waals surface area (Å²) in [5.41, 5.74) is 0. The third-order valence-corrected chi connectivity index (χ3v) is 3.43. The van der Waals surface area contributed by atoms with Crippen LogP contribution in [0.25, 0.3) is 10.2 Å². The number of hydrogen-bond donors (Lipinski definition) is 2. The van der Waals surface area contributed by atoms with Crippen molar-refractivity contribution in [1.82, 2.24) is 15.0 Å². The lowest BCUT2D eigenvalue weighted by Crippen LogP contribution is -2.05. The molecule has 19 heavy (non-hydrogen) atoms. The topological polar surface area (TPSA) is 75.9 Å². The van der Waals surface area contributed by atoms with Crippen LogP contribution in [0.3, 0.4) is 0 Å². The van der Waals surface area contributed by atoms with Crippen LogP contribution in [0.15, 0.2) is 22.1 Å². The van der Waals surface area contributed by atoms with Gasteiger partial charge in [-0.05, 0) is 18.4 Å². The molecule has 0 aliphatic heterocycles. The number of thiophene rings is 1. The SMILES string of the molecule is CNc1nc(NCc2ncc(C)o2)c2ccsc2n1. The number of aryl methyl sites for hydroxylation is 1. The van der Waals surface area contributed by atoms with Crippen LogP contribution < -0.4 is 10.6 Å². The molecule has 7 heteroatoms. The van der Waals surface area contributed by atoms with E-state index in [-0.39, 0.29) is 0 Å². The van der Waals surface area contributed by atoms with Crippen molar-refractivity contribution < 1.29 is 4.42 Å². The Balaban J connectivity index is 1.88. The van der Waals surface area contributed by atoms with Crippen LogP contribution in [-0.2, 0) is 6.54 Å². The first kappa shape index (κ1) is 11.9. The molecule has 0 bridgehead atoms. The van der Waals surface area contributed by atoms with E-state index in [4.69, 9.17) is 4.42 Å². The predicted molar refractivity (Wildman–Crippen MR) is 75.5 cm³/mol. The zero-order valence-corrected chi connectivity index (χ0v) is 11.4. The van der Waals surface area contributed by atoms with Crippen molar-refractivity contribution in [2.45, 2.75) is 13.5 Å². The van der Waals surface area contributed by atoms with Gasteiger partial charge in [-0.1, -0.05) is 0 Å². The highest BCUT2D eigenvalue weighted by Crippen LogP contribution is 2.26. The number of rotatable bonds is 4. The van der Waals surface area contributed by atoms with Gasteiger partial charge in [0, 0.05) is 7.05 Å². The van der Waals surface area contributed by atoms with Crippen molar-refractivity contribution >= 4 is 33.3 Å². The summed E-state index contributed by atoms with van der Waals surface area (Å²) in [6.45, 7) is 2.37. The zero-order chi connectivity index (χ0) is 13.2. The fourth-order valence-electron chi connectivity index (χ4n) is 1.74. The lowest BCUT2D eigenvalue weighted by molar-refractivity contribution is 0.479. The minimum Gasteiger partial charge on any atom is -0.444 e. The van der Waals surface area contributed by atoms with Gasteiger partial charge in [-0.2, -0.15) is 4.98 Å². The summed E-state index contributed by atoms with van der Waals surface area (Å²) in [7, 11) is 1.80. The van der Waals surface area contributed by atoms with Gasteiger partial charge in [0.05, 0.1) is 18.1 Å². The minimum absolute atomic E-state index is 0.499. The molecule has 0 radical (unpaired) electrons. The molecule has 2 N–H and O–H groups in total. The second-order valence-corrected chi connectivity index (χ2v) is 4.90. The van der Waals surface area contributed by atoms with Crippen LogP contribution in [0.1, 0.15) is 11.7 Å². The first-order valence-electron chi connectivity index (χ1n) is 5.84. The fraction of sp³-hybridized carbons (Fsp3) is 0.250. The number of nitrogens with zero attached hydrogens (tertiary/aromatic N) is 3. The first-order valence-corrected chi connectivity index (χ1v) is 6.72. The summed E-state index contributed by atoms with van der Waals surface area (Å²) in [5.74, 6) is 2.83. The summed E-state index contributed by atoms with van der Waals surface area (Å²) in [5, 5.41) is 9.20. The Labute approximate surface area is 113 Å². The third kappa shape index (κ3) is 2.37. The maximum Gasteiger partial charge on any atom is 0.225 e. The molecule has 0 aromatic carbocycles. The highest BCUT2D eigenvalue weighted by Gasteiger charge is 2.09. The molecule has 0 fully saturated rings. The summed E-state index contributed by atoms with van der Waals surface area (Å²) in [6, 6.07) is 2.00. The third-order valence-electron chi connectivity index (χ3n) is 2.62. The Morgan fingerprint density at radius 1 is 1.37 bits per heavy atom. The van der Waals surface area contributed by atoms with Gasteiger partial charge in [0.25, 0.3) is 0 Å². The molecule has 0 atom stereocenters. The minimum atomic E-state index is 0.499. The largest absolute Gasteiger partial charge is 0.444 e. The standard InChI is InChI=1S/C12H13N5OS/c1-7-5-14-9(18-7)6-15-10-8-3-4-19-11(8)17-12(13-2)16-10/h3-5H,6H2,1-2H3,(H2,13,15,16,17). The molecule has 0 amide bonds. The van der Waals surface area contributed by atoms with Crippen molar-refractivity contribution in [2.24, 2.45) is 0 Å². The van der Waals surface area contributed by atoms with Crippen molar-refractivity contribution in [3.05, 3.63) is 29.3 Å². The Morgan fingerprint density at radius 3 is 3.00 bits per heavy atom. The van der Waals surface area contributed by atoms with Gasteiger partial charge < -0.3 is 15.1 Å². The van der Waals surface area contributed by atoms with Gasteiger partial charge in [-0.3, -0.25) is 0 Å². The molecule has 98 valence electrons. The molecule has 3 rings (SSSR count). The van der Waals surface area contributed by atoms with Crippen molar-refractivity contribution in [1.29, 1.82) is 0 Å². The van der Waals surface area contributed by atoms with E-state index < -0.39 is 0 Å². The van der Waals surface area contributed by atoms with Crippen LogP contribution in [-0.4, -0.2) is 22.0 Å².